The molecule has 5 aromatic carbocycles. The molecule has 0 bridgehead atoms. The van der Waals surface area contributed by atoms with Gasteiger partial charge in [0, 0.05) is 190 Å². The normalized spacial score (nSPS) is 15.0. The van der Waals surface area contributed by atoms with E-state index >= 15 is 0 Å². The number of pyridine rings is 5. The van der Waals surface area contributed by atoms with Crippen molar-refractivity contribution in [2.75, 3.05) is 20.3 Å². The molecule has 4 fully saturated rings. The first-order valence-corrected chi connectivity index (χ1v) is 46.7. The fourth-order valence-electron chi connectivity index (χ4n) is 20.1. The van der Waals surface area contributed by atoms with Gasteiger partial charge < -0.3 is 52.7 Å². The van der Waals surface area contributed by atoms with Crippen molar-refractivity contribution in [3.05, 3.63) is 310 Å². The minimum Gasteiger partial charge on any atom is -0.385 e. The van der Waals surface area contributed by atoms with Gasteiger partial charge in [0.2, 0.25) is 0 Å². The number of ether oxygens (including phenoxy) is 2. The number of nitrogens with one attached hydrogen (secondary N) is 5. The van der Waals surface area contributed by atoms with E-state index in [2.05, 4.69) is 125 Å². The van der Waals surface area contributed by atoms with E-state index in [9.17, 15) is 17.6 Å². The number of imidazole rings is 5. The number of para-hydroxylation sites is 1. The molecular weight excluding hydrogens is 1690 g/mol. The second kappa shape index (κ2) is 40.1. The van der Waals surface area contributed by atoms with Crippen LogP contribution in [0.2, 0.25) is 0 Å². The van der Waals surface area contributed by atoms with Gasteiger partial charge >= 0.3 is 0 Å². The van der Waals surface area contributed by atoms with E-state index in [0.717, 1.165) is 190 Å². The quantitative estimate of drug-likeness (QED) is 0.0374. The summed E-state index contributed by atoms with van der Waals surface area (Å²) < 4.78 is 76.0. The van der Waals surface area contributed by atoms with Crippen LogP contribution in [0.4, 0.5) is 17.6 Å². The average molecular weight is 1790 g/mol. The summed E-state index contributed by atoms with van der Waals surface area (Å²) in [7, 11) is 1.70. The molecule has 1 aliphatic heterocycles. The van der Waals surface area contributed by atoms with Crippen LogP contribution in [0.3, 0.4) is 0 Å². The van der Waals surface area contributed by atoms with Gasteiger partial charge in [-0.15, -0.1) is 0 Å². The van der Waals surface area contributed by atoms with Crippen molar-refractivity contribution in [1.82, 2.24) is 97.6 Å². The molecule has 22 nitrogen and oxygen atoms in total. The molecule has 1 atom stereocenters. The monoisotopic (exact) mass is 1790 g/mol. The summed E-state index contributed by atoms with van der Waals surface area (Å²) in [4.78, 5) is 62.1. The first-order valence-electron chi connectivity index (χ1n) is 46.7. The maximum absolute atomic E-state index is 13.5. The van der Waals surface area contributed by atoms with Crippen LogP contribution < -0.4 is 0 Å². The average Bonchev–Trinajstić information content (AvgIpc) is 1.60. The molecule has 3 saturated carbocycles. The highest BCUT2D eigenvalue weighted by Crippen LogP contribution is 2.47. The molecule has 0 radical (unpaired) electrons. The summed E-state index contributed by atoms with van der Waals surface area (Å²) in [6.45, 7) is 5.11. The predicted molar refractivity (Wildman–Crippen MR) is 520 cm³/mol. The second-order valence-electron chi connectivity index (χ2n) is 34.9. The molecule has 5 N–H and O–H groups in total. The lowest BCUT2D eigenvalue weighted by Gasteiger charge is -2.27. The highest BCUT2D eigenvalue weighted by molar-refractivity contribution is 6.00. The number of methoxy groups -OCH3 is 1. The molecule has 20 aromatic rings. The summed E-state index contributed by atoms with van der Waals surface area (Å²) in [5.74, 6) is 0.626. The molecule has 1 saturated heterocycles. The van der Waals surface area contributed by atoms with E-state index in [1.54, 1.807) is 62.1 Å². The van der Waals surface area contributed by atoms with Gasteiger partial charge in [0.05, 0.1) is 88.6 Å². The molecule has 134 heavy (non-hydrogen) atoms. The van der Waals surface area contributed by atoms with Crippen LogP contribution in [0.25, 0.3) is 162 Å². The Labute approximate surface area is 772 Å². The zero-order chi connectivity index (χ0) is 90.8. The Hall–Kier alpha value is -14.8. The Morgan fingerprint density at radius 2 is 0.761 bits per heavy atom. The van der Waals surface area contributed by atoms with E-state index in [4.69, 9.17) is 19.4 Å². The molecule has 15 aromatic heterocycles. The van der Waals surface area contributed by atoms with Crippen molar-refractivity contribution in [3.8, 4) is 107 Å². The minimum absolute atomic E-state index is 0.197. The summed E-state index contributed by atoms with van der Waals surface area (Å²) in [5.41, 5.74) is 24.6. The number of H-pyrrole nitrogens is 5. The van der Waals surface area contributed by atoms with Gasteiger partial charge in [-0.2, -0.15) is 0 Å². The molecule has 1 unspecified atom stereocenters. The van der Waals surface area contributed by atoms with Crippen molar-refractivity contribution in [2.45, 2.75) is 160 Å². The van der Waals surface area contributed by atoms with Crippen molar-refractivity contribution in [2.24, 2.45) is 0 Å². The number of rotatable bonds is 19. The number of aromatic nitrogens is 20. The van der Waals surface area contributed by atoms with Crippen molar-refractivity contribution in [3.63, 3.8) is 0 Å². The number of benzene rings is 5. The lowest BCUT2D eigenvalue weighted by atomic mass is 9.85. The Bertz CT molecular complexity index is 7300. The first-order chi connectivity index (χ1) is 66.0. The minimum atomic E-state index is -0.264. The number of hydrogen-bond acceptors (Lipinski definition) is 12. The third-order valence-corrected chi connectivity index (χ3v) is 26.5. The van der Waals surface area contributed by atoms with Gasteiger partial charge in [0.1, 0.15) is 63.7 Å². The largest absolute Gasteiger partial charge is 0.385 e. The van der Waals surface area contributed by atoms with Crippen molar-refractivity contribution >= 4 is 55.2 Å². The Balaban J connectivity index is 0.000000104. The topological polar surface area (TPSA) is 251 Å². The Morgan fingerprint density at radius 3 is 1.21 bits per heavy atom. The smallest absolute Gasteiger partial charge is 0.137 e. The Morgan fingerprint density at radius 1 is 0.366 bits per heavy atom. The zero-order valence-corrected chi connectivity index (χ0v) is 74.9. The fraction of sp³-hybridized carbons (Fsp3) is 0.259. The number of fused-ring (bicyclic) bond motifs is 5. The maximum Gasteiger partial charge on any atom is 0.137 e. The van der Waals surface area contributed by atoms with Crippen LogP contribution in [-0.2, 0) is 22.6 Å². The van der Waals surface area contributed by atoms with E-state index < -0.39 is 0 Å². The second-order valence-corrected chi connectivity index (χ2v) is 34.9. The third-order valence-electron chi connectivity index (χ3n) is 26.5. The third kappa shape index (κ3) is 18.4. The van der Waals surface area contributed by atoms with Crippen LogP contribution in [-0.4, -0.2) is 124 Å². The molecule has 0 amide bonds. The van der Waals surface area contributed by atoms with Crippen molar-refractivity contribution < 1.29 is 27.0 Å². The van der Waals surface area contributed by atoms with Gasteiger partial charge in [0.15, 0.2) is 0 Å². The van der Waals surface area contributed by atoms with Crippen LogP contribution >= 0.6 is 0 Å². The number of halogens is 4. The SMILES string of the molecule is COCCCn1cnc(-c2ccc(F)cc2)c1-c1ccnc2[nH]ccc12.Cc1nc(-c2ccc(F)cc2)c(-c2ccnc3[nH]ccc23)n1C1CCCCC1.Fc1ccc(-c2ncn(-c3ccccc3)c2-c2ccnc3[nH]ccc23)cc1.Fc1ccc(-c2ncn(CC3CCCO3)c2-c2ccnc3[nH]ccc23)cc1.c1cc(-c2c(C3CCCCC3)ncn2C2CCCCC2)c2cc[nH]c2n1. The van der Waals surface area contributed by atoms with Crippen LogP contribution in [0.5, 0.6) is 0 Å². The number of aromatic amines is 5. The van der Waals surface area contributed by atoms with E-state index in [1.807, 2.05) is 141 Å². The highest BCUT2D eigenvalue weighted by Gasteiger charge is 2.32. The maximum atomic E-state index is 13.5. The standard InChI is InChI=1S/C23H23FN4.C22H15FN4.C22H28N4.C21H19FN4O.C20H19FN4O/c1-15-27-21(16-7-9-17(24)10-8-16)22(28(15)18-5-3-2-4-6-18)19-11-13-25-23-20(19)12-14-26-23;23-16-8-6-15(7-9-16)20-21(18-10-12-24-22-19(18)11-13-25-22)27(14-26-20)17-4-2-1-3-5-17;1-3-7-16(8-4-1)20-21(18-11-13-23-22-19(18)12-14-24-22)26(15-25-20)17-9-5-2-6-10-17;22-15-5-3-14(4-6-15)19-20(17-7-9-23-21-18(17)8-10-24-21)26(13-25-19)12-16-2-1-11-27-16;1-26-12-2-11-25-13-24-18(14-3-5-15(21)6-4-14)19(25)16-7-9-22-20-17(16)8-10-23-20/h7-14,18H,2-6H2,1H3,(H,25,26);1-14H,(H,24,25);11-17H,1-10H2,(H,23,24);3-10,13,16H,1-2,11-12H2,(H,23,24);3-10,13H,2,11-12H2,1H3,(H,22,23). The van der Waals surface area contributed by atoms with Crippen LogP contribution in [0.15, 0.2) is 275 Å². The van der Waals surface area contributed by atoms with Gasteiger partial charge in [-0.3, -0.25) is 4.57 Å². The fourth-order valence-corrected chi connectivity index (χ4v) is 20.1. The molecule has 24 rings (SSSR count). The predicted octanol–water partition coefficient (Wildman–Crippen LogP) is 25.9. The lowest BCUT2D eigenvalue weighted by Crippen LogP contribution is -2.15. The number of hydrogen-bond donors (Lipinski definition) is 5. The molecular formula is C108H104F4N20O2. The molecule has 676 valence electrons. The molecule has 26 heteroatoms. The first kappa shape index (κ1) is 87.2. The summed E-state index contributed by atoms with van der Waals surface area (Å²) in [6.07, 6.45) is 49.0. The Kier molecular flexibility index (Phi) is 26.1. The lowest BCUT2D eigenvalue weighted by molar-refractivity contribution is 0.0973. The molecule has 4 aliphatic rings. The molecule has 0 spiro atoms. The van der Waals surface area contributed by atoms with E-state index in [0.29, 0.717) is 24.6 Å². The molecule has 3 aliphatic carbocycles. The van der Waals surface area contributed by atoms with Gasteiger partial charge in [0.25, 0.3) is 0 Å². The molecule has 16 heterocycles. The number of nitrogens with zero attached hydrogens (tertiary/aromatic N) is 15. The number of aryl methyl sites for hydroxylation is 2. The van der Waals surface area contributed by atoms with E-state index in [-0.39, 0.29) is 29.4 Å². The van der Waals surface area contributed by atoms with Gasteiger partial charge in [-0.25, -0.2) is 67.4 Å². The van der Waals surface area contributed by atoms with Crippen LogP contribution in [0, 0.1) is 30.2 Å². The van der Waals surface area contributed by atoms with Crippen molar-refractivity contribution in [1.29, 1.82) is 0 Å². The van der Waals surface area contributed by atoms with Crippen LogP contribution in [0.1, 0.15) is 145 Å². The highest BCUT2D eigenvalue weighted by atomic mass is 19.1. The van der Waals surface area contributed by atoms with E-state index in [1.165, 1.54) is 167 Å². The summed E-state index contributed by atoms with van der Waals surface area (Å²) in [6, 6.07) is 57.6. The summed E-state index contributed by atoms with van der Waals surface area (Å²) >= 11 is 0. The summed E-state index contributed by atoms with van der Waals surface area (Å²) in [5, 5.41) is 5.39. The zero-order valence-electron chi connectivity index (χ0n) is 74.9. The van der Waals surface area contributed by atoms with Gasteiger partial charge in [-0.05, 0) is 235 Å². The van der Waals surface area contributed by atoms with Gasteiger partial charge in [-0.1, -0.05) is 76.0 Å².